The van der Waals surface area contributed by atoms with Crippen molar-refractivity contribution >= 4 is 28.0 Å². The number of hydrogen-bond donors (Lipinski definition) is 3. The van der Waals surface area contributed by atoms with Gasteiger partial charge < -0.3 is 5.32 Å². The summed E-state index contributed by atoms with van der Waals surface area (Å²) in [6.45, 7) is -0.124. The lowest BCUT2D eigenvalue weighted by Crippen LogP contribution is -2.24. The molecule has 5 nitrogen and oxygen atoms in total. The van der Waals surface area contributed by atoms with Crippen LogP contribution in [0.5, 0.6) is 0 Å². The van der Waals surface area contributed by atoms with Crippen LogP contribution in [-0.4, -0.2) is 30.5 Å². The Morgan fingerprint density at radius 3 is 2.40 bits per heavy atom. The first-order valence-corrected chi connectivity index (χ1v) is 4.39. The Morgan fingerprint density at radius 1 is 1.60 bits per heavy atom. The summed E-state index contributed by atoms with van der Waals surface area (Å²) in [5.74, 6) is -0.487. The highest BCUT2D eigenvalue weighted by molar-refractivity contribution is 7.96. The van der Waals surface area contributed by atoms with Crippen LogP contribution >= 0.6 is 12.6 Å². The zero-order valence-corrected chi connectivity index (χ0v) is 6.65. The highest BCUT2D eigenvalue weighted by Gasteiger charge is 2.03. The van der Waals surface area contributed by atoms with E-state index in [0.29, 0.717) is 0 Å². The zero-order chi connectivity index (χ0) is 8.20. The number of carbonyl (C=O) groups is 1. The summed E-state index contributed by atoms with van der Waals surface area (Å²) in [4.78, 5) is 10.0. The molecule has 0 atom stereocenters. The first kappa shape index (κ1) is 9.73. The molecule has 0 aromatic rings. The Bertz CT molecular complexity index is 209. The van der Waals surface area contributed by atoms with E-state index in [1.165, 1.54) is 0 Å². The minimum atomic E-state index is -3.97. The predicted octanol–water partition coefficient (Wildman–Crippen LogP) is -0.486. The Balaban J connectivity index is 3.49. The van der Waals surface area contributed by atoms with Crippen LogP contribution < -0.4 is 5.32 Å². The van der Waals surface area contributed by atoms with E-state index in [0.717, 1.165) is 0 Å². The predicted molar refractivity (Wildman–Crippen MR) is 38.8 cm³/mol. The maximum Gasteiger partial charge on any atom is 0.276 e. The maximum absolute atomic E-state index is 10.0. The van der Waals surface area contributed by atoms with Gasteiger partial charge in [-0.2, -0.15) is 8.42 Å². The van der Waals surface area contributed by atoms with Gasteiger partial charge in [0.05, 0.1) is 5.75 Å². The van der Waals surface area contributed by atoms with Crippen molar-refractivity contribution in [3.8, 4) is 0 Å². The summed E-state index contributed by atoms with van der Waals surface area (Å²) in [5, 5.41) is 1.47. The molecule has 1 amide bonds. The summed E-state index contributed by atoms with van der Waals surface area (Å²) >= 11 is 3.30. The Labute approximate surface area is 64.0 Å². The van der Waals surface area contributed by atoms with Crippen molar-refractivity contribution in [2.45, 2.75) is 0 Å². The molecule has 0 spiro atoms. The highest BCUT2D eigenvalue weighted by atomic mass is 32.2. The molecule has 0 bridgehead atoms. The molecule has 2 N–H and O–H groups in total. The SMILES string of the molecule is O=C(S)NCCS(=O)(=O)O. The Kier molecular flexibility index (Phi) is 3.69. The van der Waals surface area contributed by atoms with Gasteiger partial charge in [0, 0.05) is 6.54 Å². The fourth-order valence-corrected chi connectivity index (χ4v) is 0.759. The molecular formula is C3H7NO4S2. The van der Waals surface area contributed by atoms with E-state index in [1.807, 2.05) is 0 Å². The molecule has 0 aromatic heterocycles. The molecule has 0 radical (unpaired) electrons. The number of hydrogen-bond acceptors (Lipinski definition) is 3. The Hall–Kier alpha value is -0.270. The second-order valence-electron chi connectivity index (χ2n) is 1.52. The van der Waals surface area contributed by atoms with Gasteiger partial charge in [0.15, 0.2) is 0 Å². The molecule has 0 saturated heterocycles. The third kappa shape index (κ3) is 7.73. The second-order valence-corrected chi connectivity index (χ2v) is 3.50. The normalized spacial score (nSPS) is 11.0. The second kappa shape index (κ2) is 3.79. The molecule has 7 heteroatoms. The number of rotatable bonds is 3. The molecule has 10 heavy (non-hydrogen) atoms. The number of amides is 1. The fraction of sp³-hybridized carbons (Fsp3) is 0.667. The molecular weight excluding hydrogens is 178 g/mol. The van der Waals surface area contributed by atoms with Crippen molar-refractivity contribution in [1.82, 2.24) is 5.32 Å². The molecule has 60 valence electrons. The minimum Gasteiger partial charge on any atom is -0.346 e. The van der Waals surface area contributed by atoms with E-state index >= 15 is 0 Å². The number of nitrogens with one attached hydrogen (secondary N) is 1. The standard InChI is InChI=1S/C3H7NO4S2/c5-3(9)4-1-2-10(6,7)8/h1-2H2,(H2,4,5,9)(H,6,7,8). The molecule has 0 unspecified atom stereocenters. The quantitative estimate of drug-likeness (QED) is 0.409. The summed E-state index contributed by atoms with van der Waals surface area (Å²) in [6, 6.07) is 0. The van der Waals surface area contributed by atoms with Crippen LogP contribution in [0.3, 0.4) is 0 Å². The summed E-state index contributed by atoms with van der Waals surface area (Å²) in [5.41, 5.74) is 0. The van der Waals surface area contributed by atoms with Crippen LogP contribution in [-0.2, 0) is 10.1 Å². The van der Waals surface area contributed by atoms with E-state index in [9.17, 15) is 13.2 Å². The van der Waals surface area contributed by atoms with Crippen molar-refractivity contribution in [2.24, 2.45) is 0 Å². The Morgan fingerprint density at radius 2 is 2.10 bits per heavy atom. The minimum absolute atomic E-state index is 0.124. The molecule has 0 aliphatic heterocycles. The van der Waals surface area contributed by atoms with E-state index in [-0.39, 0.29) is 6.54 Å². The number of carbonyl (C=O) groups excluding carboxylic acids is 1. The van der Waals surface area contributed by atoms with E-state index < -0.39 is 21.1 Å². The van der Waals surface area contributed by atoms with Crippen molar-refractivity contribution in [2.75, 3.05) is 12.3 Å². The van der Waals surface area contributed by atoms with E-state index in [1.54, 1.807) is 0 Å². The van der Waals surface area contributed by atoms with Crippen molar-refractivity contribution in [3.63, 3.8) is 0 Å². The van der Waals surface area contributed by atoms with Crippen LogP contribution in [0.15, 0.2) is 0 Å². The first-order chi connectivity index (χ1) is 4.42. The van der Waals surface area contributed by atoms with Gasteiger partial charge in [0.1, 0.15) is 0 Å². The van der Waals surface area contributed by atoms with Gasteiger partial charge in [-0.1, -0.05) is 12.6 Å². The highest BCUT2D eigenvalue weighted by Crippen LogP contribution is 1.80. The third-order valence-electron chi connectivity index (χ3n) is 0.636. The van der Waals surface area contributed by atoms with Gasteiger partial charge >= 0.3 is 0 Å². The molecule has 0 aromatic carbocycles. The van der Waals surface area contributed by atoms with Gasteiger partial charge in [-0.15, -0.1) is 0 Å². The average Bonchev–Trinajstić information content (AvgIpc) is 1.59. The van der Waals surface area contributed by atoms with Crippen LogP contribution in [0.4, 0.5) is 4.79 Å². The lowest BCUT2D eigenvalue weighted by molar-refractivity contribution is 0.261. The van der Waals surface area contributed by atoms with Crippen molar-refractivity contribution < 1.29 is 17.8 Å². The van der Waals surface area contributed by atoms with Crippen LogP contribution in [0.1, 0.15) is 0 Å². The topological polar surface area (TPSA) is 83.5 Å². The van der Waals surface area contributed by atoms with Crippen LogP contribution in [0, 0.1) is 0 Å². The zero-order valence-electron chi connectivity index (χ0n) is 4.94. The summed E-state index contributed by atoms with van der Waals surface area (Å²) < 4.78 is 28.1. The average molecular weight is 185 g/mol. The van der Waals surface area contributed by atoms with E-state index in [4.69, 9.17) is 4.55 Å². The molecule has 0 saturated carbocycles. The van der Waals surface area contributed by atoms with Crippen molar-refractivity contribution in [1.29, 1.82) is 0 Å². The lowest BCUT2D eigenvalue weighted by Gasteiger charge is -1.96. The largest absolute Gasteiger partial charge is 0.346 e. The number of thiol groups is 1. The van der Waals surface area contributed by atoms with Crippen LogP contribution in [0.2, 0.25) is 0 Å². The fourth-order valence-electron chi connectivity index (χ4n) is 0.287. The molecule has 0 heterocycles. The van der Waals surface area contributed by atoms with E-state index in [2.05, 4.69) is 17.9 Å². The van der Waals surface area contributed by atoms with Gasteiger partial charge in [-0.3, -0.25) is 9.35 Å². The lowest BCUT2D eigenvalue weighted by atomic mass is 10.8. The van der Waals surface area contributed by atoms with Gasteiger partial charge in [-0.05, 0) is 0 Å². The maximum atomic E-state index is 10.0. The molecule has 0 aliphatic rings. The summed E-state index contributed by atoms with van der Waals surface area (Å²) in [6.07, 6.45) is 0. The molecule has 0 rings (SSSR count). The van der Waals surface area contributed by atoms with Crippen LogP contribution in [0.25, 0.3) is 0 Å². The molecule has 0 aliphatic carbocycles. The monoisotopic (exact) mass is 185 g/mol. The van der Waals surface area contributed by atoms with Gasteiger partial charge in [-0.25, -0.2) is 0 Å². The molecule has 0 fully saturated rings. The smallest absolute Gasteiger partial charge is 0.276 e. The van der Waals surface area contributed by atoms with Gasteiger partial charge in [0.2, 0.25) is 0 Å². The first-order valence-electron chi connectivity index (χ1n) is 2.34. The summed E-state index contributed by atoms with van der Waals surface area (Å²) in [7, 11) is -3.97. The van der Waals surface area contributed by atoms with Gasteiger partial charge in [0.25, 0.3) is 15.4 Å². The van der Waals surface area contributed by atoms with Crippen molar-refractivity contribution in [3.05, 3.63) is 0 Å². The third-order valence-corrected chi connectivity index (χ3v) is 1.51.